The van der Waals surface area contributed by atoms with Crippen LogP contribution in [0.25, 0.3) is 0 Å². The molecular weight excluding hydrogens is 288 g/mol. The summed E-state index contributed by atoms with van der Waals surface area (Å²) in [6.45, 7) is 3.47. The highest BCUT2D eigenvalue weighted by atomic mass is 32.2. The van der Waals surface area contributed by atoms with E-state index in [9.17, 15) is 9.59 Å². The van der Waals surface area contributed by atoms with Crippen molar-refractivity contribution in [3.05, 3.63) is 23.8 Å². The van der Waals surface area contributed by atoms with Crippen molar-refractivity contribution < 1.29 is 14.3 Å². The molecule has 0 bridgehead atoms. The molecule has 2 atom stereocenters. The molecule has 1 amide bonds. The molecule has 21 heavy (non-hydrogen) atoms. The van der Waals surface area contributed by atoms with Crippen LogP contribution in [0.1, 0.15) is 24.2 Å². The van der Waals surface area contributed by atoms with E-state index in [0.29, 0.717) is 17.0 Å². The van der Waals surface area contributed by atoms with E-state index < -0.39 is 6.10 Å². The first-order chi connectivity index (χ1) is 9.95. The van der Waals surface area contributed by atoms with Gasteiger partial charge in [-0.25, -0.2) is 0 Å². The van der Waals surface area contributed by atoms with E-state index in [4.69, 9.17) is 10.00 Å². The van der Waals surface area contributed by atoms with Crippen LogP contribution >= 0.6 is 11.8 Å². The number of hydrogen-bond donors (Lipinski definition) is 0. The number of nitrogens with zero attached hydrogens (tertiary/aromatic N) is 2. The van der Waals surface area contributed by atoms with Gasteiger partial charge < -0.3 is 9.64 Å². The summed E-state index contributed by atoms with van der Waals surface area (Å²) < 4.78 is 5.52. The smallest absolute Gasteiger partial charge is 0.267 e. The van der Waals surface area contributed by atoms with Crippen molar-refractivity contribution in [3.8, 4) is 11.8 Å². The predicted octanol–water partition coefficient (Wildman–Crippen LogP) is 2.26. The number of likely N-dealkylation sites (N-methyl/N-ethyl adjacent to an activating group) is 1. The van der Waals surface area contributed by atoms with Crippen LogP contribution in [0.2, 0.25) is 0 Å². The van der Waals surface area contributed by atoms with Gasteiger partial charge in [-0.1, -0.05) is 0 Å². The topological polar surface area (TPSA) is 70.4 Å². The Morgan fingerprint density at radius 3 is 2.95 bits per heavy atom. The Balaban J connectivity index is 2.27. The molecule has 6 heteroatoms. The van der Waals surface area contributed by atoms with Crippen LogP contribution in [-0.2, 0) is 4.79 Å². The third-order valence-corrected chi connectivity index (χ3v) is 4.36. The van der Waals surface area contributed by atoms with Gasteiger partial charge in [-0.15, -0.1) is 11.8 Å². The van der Waals surface area contributed by atoms with Gasteiger partial charge in [-0.3, -0.25) is 9.59 Å². The van der Waals surface area contributed by atoms with Crippen LogP contribution in [0, 0.1) is 11.3 Å². The maximum atomic E-state index is 12.3. The number of hydrogen-bond acceptors (Lipinski definition) is 5. The monoisotopic (exact) mass is 304 g/mol. The molecule has 0 saturated heterocycles. The summed E-state index contributed by atoms with van der Waals surface area (Å²) in [6.07, 6.45) is -0.519. The van der Waals surface area contributed by atoms with Crippen molar-refractivity contribution in [1.82, 2.24) is 0 Å². The molecule has 2 rings (SSSR count). The summed E-state index contributed by atoms with van der Waals surface area (Å²) in [7, 11) is 1.67. The molecule has 0 aliphatic carbocycles. The van der Waals surface area contributed by atoms with E-state index in [-0.39, 0.29) is 22.7 Å². The molecule has 0 aromatic heterocycles. The van der Waals surface area contributed by atoms with Crippen molar-refractivity contribution >= 4 is 29.1 Å². The van der Waals surface area contributed by atoms with Crippen LogP contribution in [0.4, 0.5) is 5.69 Å². The minimum absolute atomic E-state index is 0.0579. The zero-order chi connectivity index (χ0) is 15.6. The second-order valence-corrected chi connectivity index (χ2v) is 6.14. The molecule has 2 unspecified atom stereocenters. The highest BCUT2D eigenvalue weighted by Crippen LogP contribution is 2.34. The van der Waals surface area contributed by atoms with Gasteiger partial charge in [0.25, 0.3) is 5.91 Å². The van der Waals surface area contributed by atoms with E-state index >= 15 is 0 Å². The number of fused-ring (bicyclic) bond motifs is 1. The molecule has 0 N–H and O–H groups in total. The average Bonchev–Trinajstić information content (AvgIpc) is 2.49. The quantitative estimate of drug-likeness (QED) is 0.798. The highest BCUT2D eigenvalue weighted by Gasteiger charge is 2.29. The van der Waals surface area contributed by atoms with Gasteiger partial charge in [-0.05, 0) is 32.0 Å². The molecular formula is C15H16N2O3S. The van der Waals surface area contributed by atoms with Crippen LogP contribution in [0.5, 0.6) is 5.75 Å². The number of benzene rings is 1. The second kappa shape index (κ2) is 6.19. The SMILES string of the molecule is CC1Oc2ccc(C(=O)C(C)SCC#N)cc2N(C)C1=O. The molecule has 1 aromatic carbocycles. The van der Waals surface area contributed by atoms with Crippen LogP contribution in [0.3, 0.4) is 0 Å². The number of rotatable bonds is 4. The van der Waals surface area contributed by atoms with Gasteiger partial charge in [0, 0.05) is 12.6 Å². The Hall–Kier alpha value is -2.00. The fourth-order valence-corrected chi connectivity index (χ4v) is 2.75. The normalized spacial score (nSPS) is 18.5. The molecule has 5 nitrogen and oxygen atoms in total. The largest absolute Gasteiger partial charge is 0.479 e. The summed E-state index contributed by atoms with van der Waals surface area (Å²) in [4.78, 5) is 25.7. The third-order valence-electron chi connectivity index (χ3n) is 3.35. The summed E-state index contributed by atoms with van der Waals surface area (Å²) in [5.74, 6) is 0.673. The van der Waals surface area contributed by atoms with Gasteiger partial charge in [0.2, 0.25) is 0 Å². The van der Waals surface area contributed by atoms with Crippen LogP contribution < -0.4 is 9.64 Å². The molecule has 0 spiro atoms. The number of ketones is 1. The minimum atomic E-state index is -0.519. The van der Waals surface area contributed by atoms with E-state index in [0.717, 1.165) is 0 Å². The van der Waals surface area contributed by atoms with Gasteiger partial charge in [0.1, 0.15) is 5.75 Å². The first kappa shape index (κ1) is 15.4. The number of carbonyl (C=O) groups is 2. The Bertz CT molecular complexity index is 624. The van der Waals surface area contributed by atoms with Crippen molar-refractivity contribution in [2.75, 3.05) is 17.7 Å². The average molecular weight is 304 g/mol. The summed E-state index contributed by atoms with van der Waals surface area (Å²) in [5, 5.41) is 8.27. The molecule has 1 heterocycles. The van der Waals surface area contributed by atoms with Crippen LogP contribution in [0.15, 0.2) is 18.2 Å². The Labute approximate surface area is 127 Å². The van der Waals surface area contributed by atoms with Crippen molar-refractivity contribution in [2.24, 2.45) is 0 Å². The number of thioether (sulfide) groups is 1. The van der Waals surface area contributed by atoms with E-state index in [2.05, 4.69) is 0 Å². The first-order valence-corrected chi connectivity index (χ1v) is 7.61. The fraction of sp³-hybridized carbons (Fsp3) is 0.400. The summed E-state index contributed by atoms with van der Waals surface area (Å²) in [5.41, 5.74) is 1.12. The van der Waals surface area contributed by atoms with Crippen LogP contribution in [-0.4, -0.2) is 35.8 Å². The van der Waals surface area contributed by atoms with Crippen molar-refractivity contribution in [3.63, 3.8) is 0 Å². The molecule has 0 fully saturated rings. The lowest BCUT2D eigenvalue weighted by Crippen LogP contribution is -2.42. The Morgan fingerprint density at radius 1 is 1.57 bits per heavy atom. The number of Topliss-reactive ketones (excluding diaryl/α,β-unsaturated/α-hetero) is 1. The molecule has 0 saturated carbocycles. The molecule has 1 aliphatic heterocycles. The zero-order valence-corrected chi connectivity index (χ0v) is 12.9. The van der Waals surface area contributed by atoms with E-state index in [1.54, 1.807) is 39.1 Å². The number of carbonyl (C=O) groups excluding carboxylic acids is 2. The zero-order valence-electron chi connectivity index (χ0n) is 12.1. The van der Waals surface area contributed by atoms with Gasteiger partial charge >= 0.3 is 0 Å². The lowest BCUT2D eigenvalue weighted by molar-refractivity contribution is -0.125. The van der Waals surface area contributed by atoms with Gasteiger partial charge in [-0.2, -0.15) is 5.26 Å². The lowest BCUT2D eigenvalue weighted by Gasteiger charge is -2.30. The molecule has 110 valence electrons. The van der Waals surface area contributed by atoms with Gasteiger partial charge in [0.05, 0.1) is 22.8 Å². The summed E-state index contributed by atoms with van der Waals surface area (Å²) >= 11 is 1.30. The maximum Gasteiger partial charge on any atom is 0.267 e. The first-order valence-electron chi connectivity index (χ1n) is 6.56. The molecule has 1 aromatic rings. The van der Waals surface area contributed by atoms with Crippen molar-refractivity contribution in [1.29, 1.82) is 5.26 Å². The number of amides is 1. The number of nitriles is 1. The summed E-state index contributed by atoms with van der Waals surface area (Å²) in [6, 6.07) is 7.09. The van der Waals surface area contributed by atoms with E-state index in [1.807, 2.05) is 6.07 Å². The molecule has 1 aliphatic rings. The number of anilines is 1. The third kappa shape index (κ3) is 3.03. The maximum absolute atomic E-state index is 12.3. The predicted molar refractivity (Wildman–Crippen MR) is 81.8 cm³/mol. The highest BCUT2D eigenvalue weighted by molar-refractivity contribution is 8.00. The fourth-order valence-electron chi connectivity index (χ4n) is 2.14. The minimum Gasteiger partial charge on any atom is -0.479 e. The standard InChI is InChI=1S/C15H16N2O3S/c1-9-15(19)17(3)12-8-11(4-5-13(12)20-9)14(18)10(2)21-7-6-16/h4-5,8-10H,7H2,1-3H3. The van der Waals surface area contributed by atoms with E-state index in [1.165, 1.54) is 16.7 Å². The van der Waals surface area contributed by atoms with Crippen molar-refractivity contribution in [2.45, 2.75) is 25.2 Å². The number of ether oxygens (including phenoxy) is 1. The Kier molecular flexibility index (Phi) is 4.53. The van der Waals surface area contributed by atoms with Gasteiger partial charge in [0.15, 0.2) is 11.9 Å². The second-order valence-electron chi connectivity index (χ2n) is 4.82. The lowest BCUT2D eigenvalue weighted by atomic mass is 10.1. The Morgan fingerprint density at radius 2 is 2.29 bits per heavy atom. The molecule has 0 radical (unpaired) electrons.